The van der Waals surface area contributed by atoms with Crippen LogP contribution in [0.2, 0.25) is 0 Å². The van der Waals surface area contributed by atoms with E-state index in [0.29, 0.717) is 0 Å². The van der Waals surface area contributed by atoms with Crippen LogP contribution in [0.5, 0.6) is 0 Å². The molecule has 0 aliphatic heterocycles. The highest BCUT2D eigenvalue weighted by atomic mass is 35.5. The molecule has 0 saturated heterocycles. The Balaban J connectivity index is 2.34. The van der Waals surface area contributed by atoms with E-state index in [1.54, 1.807) is 36.8 Å². The summed E-state index contributed by atoms with van der Waals surface area (Å²) in [5, 5.41) is 23.7. The first-order valence-corrected chi connectivity index (χ1v) is 6.39. The zero-order valence-corrected chi connectivity index (χ0v) is 11.4. The third-order valence-electron chi connectivity index (χ3n) is 3.03. The van der Waals surface area contributed by atoms with Gasteiger partial charge in [0.1, 0.15) is 0 Å². The summed E-state index contributed by atoms with van der Waals surface area (Å²) in [6, 6.07) is 4.93. The predicted octanol–water partition coefficient (Wildman–Crippen LogP) is 0.825. The summed E-state index contributed by atoms with van der Waals surface area (Å²) in [5.74, 6) is -1.57. The van der Waals surface area contributed by atoms with Crippen molar-refractivity contribution in [1.82, 2.24) is 29.3 Å². The van der Waals surface area contributed by atoms with Gasteiger partial charge < -0.3 is 0 Å². The van der Waals surface area contributed by atoms with Crippen LogP contribution in [0.25, 0.3) is 0 Å². The Labute approximate surface area is 123 Å². The molecule has 0 aliphatic carbocycles. The molecule has 3 aromatic heterocycles. The van der Waals surface area contributed by atoms with Crippen LogP contribution >= 0.6 is 11.6 Å². The van der Waals surface area contributed by atoms with Crippen molar-refractivity contribution in [3.8, 4) is 0 Å². The maximum atomic E-state index is 11.4. The monoisotopic (exact) mass is 307 g/mol. The van der Waals surface area contributed by atoms with Gasteiger partial charge in [-0.3, -0.25) is 10.1 Å². The van der Waals surface area contributed by atoms with Gasteiger partial charge in [0.15, 0.2) is 0 Å². The van der Waals surface area contributed by atoms with Gasteiger partial charge in [0.25, 0.3) is 0 Å². The first-order chi connectivity index (χ1) is 10.2. The van der Waals surface area contributed by atoms with Crippen LogP contribution in [0.4, 0.5) is 0 Å². The molecule has 21 heavy (non-hydrogen) atoms. The summed E-state index contributed by atoms with van der Waals surface area (Å²) in [6.45, 7) is 0. The standard InChI is InChI=1S/C11H10ClN7O2/c12-10(19(20)21)11(16-7-1-4-13-16,17-8-2-5-14-17)18-9-3-6-15-18/h1-10H. The average Bonchev–Trinajstić information content (AvgIpc) is 3.24. The van der Waals surface area contributed by atoms with Gasteiger partial charge >= 0.3 is 11.3 Å². The third-order valence-corrected chi connectivity index (χ3v) is 3.48. The molecular weight excluding hydrogens is 298 g/mol. The summed E-state index contributed by atoms with van der Waals surface area (Å²) in [7, 11) is 0. The largest absolute Gasteiger partial charge is 0.352 e. The van der Waals surface area contributed by atoms with E-state index >= 15 is 0 Å². The van der Waals surface area contributed by atoms with Crippen molar-refractivity contribution in [2.24, 2.45) is 0 Å². The second-order valence-corrected chi connectivity index (χ2v) is 4.57. The SMILES string of the molecule is O=[N+]([O-])C(Cl)C(n1cccn1)(n1cccn1)n1cccn1. The first-order valence-electron chi connectivity index (χ1n) is 5.95. The van der Waals surface area contributed by atoms with Crippen molar-refractivity contribution in [2.45, 2.75) is 11.3 Å². The predicted molar refractivity (Wildman–Crippen MR) is 72.1 cm³/mol. The average molecular weight is 308 g/mol. The smallest absolute Gasteiger partial charge is 0.263 e. The van der Waals surface area contributed by atoms with Crippen LogP contribution < -0.4 is 0 Å². The lowest BCUT2D eigenvalue weighted by Crippen LogP contribution is -2.58. The number of halogens is 1. The van der Waals surface area contributed by atoms with Crippen LogP contribution in [0.3, 0.4) is 0 Å². The highest BCUT2D eigenvalue weighted by Gasteiger charge is 2.53. The lowest BCUT2D eigenvalue weighted by atomic mass is 10.3. The zero-order chi connectivity index (χ0) is 14.9. The molecule has 0 aromatic carbocycles. The van der Waals surface area contributed by atoms with E-state index < -0.39 is 16.2 Å². The molecule has 0 spiro atoms. The molecule has 1 unspecified atom stereocenters. The molecule has 0 saturated carbocycles. The number of alkyl halides is 1. The van der Waals surface area contributed by atoms with Crippen molar-refractivity contribution >= 4 is 11.6 Å². The normalized spacial score (nSPS) is 13.2. The highest BCUT2D eigenvalue weighted by molar-refractivity contribution is 6.20. The van der Waals surface area contributed by atoms with E-state index in [2.05, 4.69) is 15.3 Å². The van der Waals surface area contributed by atoms with Crippen molar-refractivity contribution in [2.75, 3.05) is 0 Å². The minimum Gasteiger partial charge on any atom is -0.263 e. The molecule has 3 heterocycles. The second-order valence-electron chi connectivity index (χ2n) is 4.16. The molecule has 10 heteroatoms. The van der Waals surface area contributed by atoms with E-state index in [0.717, 1.165) is 0 Å². The molecule has 0 amide bonds. The van der Waals surface area contributed by atoms with E-state index in [9.17, 15) is 10.1 Å². The Bertz CT molecular complexity index is 624. The van der Waals surface area contributed by atoms with Crippen molar-refractivity contribution in [3.63, 3.8) is 0 Å². The van der Waals surface area contributed by atoms with E-state index in [1.807, 2.05) is 0 Å². The Morgan fingerprint density at radius 1 is 0.952 bits per heavy atom. The molecule has 3 rings (SSSR count). The third kappa shape index (κ3) is 1.89. The van der Waals surface area contributed by atoms with Gasteiger partial charge in [-0.2, -0.15) is 15.3 Å². The summed E-state index contributed by atoms with van der Waals surface area (Å²) < 4.78 is 4.06. The Morgan fingerprint density at radius 3 is 1.57 bits per heavy atom. The van der Waals surface area contributed by atoms with E-state index in [4.69, 9.17) is 11.6 Å². The maximum absolute atomic E-state index is 11.4. The molecule has 3 aromatic rings. The van der Waals surface area contributed by atoms with Gasteiger partial charge in [0.05, 0.1) is 0 Å². The lowest BCUT2D eigenvalue weighted by Gasteiger charge is -2.33. The molecular formula is C11H10ClN7O2. The molecule has 108 valence electrons. The lowest BCUT2D eigenvalue weighted by molar-refractivity contribution is -0.520. The molecule has 9 nitrogen and oxygen atoms in total. The molecule has 0 fully saturated rings. The van der Waals surface area contributed by atoms with Gasteiger partial charge in [-0.25, -0.2) is 14.0 Å². The van der Waals surface area contributed by atoms with Crippen LogP contribution in [-0.2, 0) is 5.79 Å². The number of aromatic nitrogens is 6. The summed E-state index contributed by atoms with van der Waals surface area (Å²) in [5.41, 5.74) is -1.59. The summed E-state index contributed by atoms with van der Waals surface area (Å²) in [4.78, 5) is 10.8. The van der Waals surface area contributed by atoms with Gasteiger partial charge in [0.2, 0.25) is 0 Å². The fourth-order valence-electron chi connectivity index (χ4n) is 2.17. The molecule has 1 atom stereocenters. The Kier molecular flexibility index (Phi) is 3.18. The minimum absolute atomic E-state index is 0.605. The van der Waals surface area contributed by atoms with E-state index in [1.165, 1.54) is 32.6 Å². The minimum atomic E-state index is -1.59. The van der Waals surface area contributed by atoms with E-state index in [-0.39, 0.29) is 0 Å². The summed E-state index contributed by atoms with van der Waals surface area (Å²) in [6.07, 6.45) is 9.23. The first kappa shape index (κ1) is 13.3. The molecule has 0 N–H and O–H groups in total. The van der Waals surface area contributed by atoms with Crippen LogP contribution in [0.1, 0.15) is 0 Å². The van der Waals surface area contributed by atoms with Gasteiger partial charge in [-0.1, -0.05) is 0 Å². The number of hydrogen-bond acceptors (Lipinski definition) is 5. The second kappa shape index (κ2) is 5.02. The number of rotatable bonds is 5. The van der Waals surface area contributed by atoms with Crippen LogP contribution in [-0.4, -0.2) is 39.8 Å². The van der Waals surface area contributed by atoms with Gasteiger partial charge in [0, 0.05) is 42.1 Å². The number of hydrogen-bond donors (Lipinski definition) is 0. The quantitative estimate of drug-likeness (QED) is 0.301. The Morgan fingerprint density at radius 2 is 1.33 bits per heavy atom. The fraction of sp³-hybridized carbons (Fsp3) is 0.182. The maximum Gasteiger partial charge on any atom is 0.352 e. The number of nitrogens with zero attached hydrogens (tertiary/aromatic N) is 7. The highest BCUT2D eigenvalue weighted by Crippen LogP contribution is 2.28. The van der Waals surface area contributed by atoms with Gasteiger partial charge in [-0.05, 0) is 29.8 Å². The Hall–Kier alpha value is -2.68. The van der Waals surface area contributed by atoms with Crippen LogP contribution in [0.15, 0.2) is 55.4 Å². The molecule has 0 radical (unpaired) electrons. The zero-order valence-electron chi connectivity index (χ0n) is 10.6. The van der Waals surface area contributed by atoms with Gasteiger partial charge in [-0.15, -0.1) is 0 Å². The van der Waals surface area contributed by atoms with Crippen molar-refractivity contribution in [1.29, 1.82) is 0 Å². The summed E-state index contributed by atoms with van der Waals surface area (Å²) >= 11 is 6.13. The van der Waals surface area contributed by atoms with Crippen LogP contribution in [0, 0.1) is 10.1 Å². The van der Waals surface area contributed by atoms with Crippen molar-refractivity contribution in [3.05, 3.63) is 65.5 Å². The molecule has 0 aliphatic rings. The van der Waals surface area contributed by atoms with Crippen molar-refractivity contribution < 1.29 is 4.92 Å². The molecule has 0 bridgehead atoms. The fourth-order valence-corrected chi connectivity index (χ4v) is 2.47. The topological polar surface area (TPSA) is 96.6 Å². The number of nitro groups is 1.